The summed E-state index contributed by atoms with van der Waals surface area (Å²) in [5.74, 6) is -1.32. The molecule has 0 spiro atoms. The summed E-state index contributed by atoms with van der Waals surface area (Å²) in [7, 11) is 0. The highest BCUT2D eigenvalue weighted by Gasteiger charge is 2.53. The number of hydrogen-bond acceptors (Lipinski definition) is 4. The van der Waals surface area contributed by atoms with Crippen LogP contribution in [0.4, 0.5) is 8.78 Å². The fourth-order valence-corrected chi connectivity index (χ4v) is 5.74. The van der Waals surface area contributed by atoms with E-state index in [1.807, 2.05) is 31.2 Å². The number of halogens is 2. The molecule has 7 heteroatoms. The molecule has 2 atom stereocenters. The van der Waals surface area contributed by atoms with E-state index in [0.717, 1.165) is 35.7 Å². The average Bonchev–Trinajstić information content (AvgIpc) is 3.14. The predicted molar refractivity (Wildman–Crippen MR) is 118 cm³/mol. The number of thioether (sulfide) groups is 1. The van der Waals surface area contributed by atoms with Gasteiger partial charge in [-0.3, -0.25) is 4.79 Å². The van der Waals surface area contributed by atoms with Crippen LogP contribution in [0.25, 0.3) is 0 Å². The Labute approximate surface area is 180 Å². The Morgan fingerprint density at radius 1 is 1.23 bits per heavy atom. The number of hydrogen-bond donors (Lipinski definition) is 1. The van der Waals surface area contributed by atoms with Crippen molar-refractivity contribution in [2.75, 3.05) is 6.54 Å². The first-order chi connectivity index (χ1) is 14.4. The lowest BCUT2D eigenvalue weighted by atomic mass is 9.84. The van der Waals surface area contributed by atoms with Crippen LogP contribution in [-0.2, 0) is 9.67 Å². The van der Waals surface area contributed by atoms with Gasteiger partial charge in [0.2, 0.25) is 5.91 Å². The van der Waals surface area contributed by atoms with Gasteiger partial charge in [-0.2, -0.15) is 5.10 Å². The number of hydrazone groups is 1. The Morgan fingerprint density at radius 2 is 1.97 bits per heavy atom. The van der Waals surface area contributed by atoms with Crippen LogP contribution in [0.3, 0.4) is 0 Å². The Balaban J connectivity index is 2.26. The zero-order valence-electron chi connectivity index (χ0n) is 17.5. The van der Waals surface area contributed by atoms with Gasteiger partial charge in [-0.05, 0) is 61.6 Å². The number of aryl methyl sites for hydroxylation is 1. The zero-order valence-corrected chi connectivity index (χ0v) is 18.3. The van der Waals surface area contributed by atoms with E-state index in [0.29, 0.717) is 18.0 Å². The van der Waals surface area contributed by atoms with Crippen molar-refractivity contribution in [1.29, 1.82) is 0 Å². The summed E-state index contributed by atoms with van der Waals surface area (Å²) < 4.78 is 28.5. The second-order valence-electron chi connectivity index (χ2n) is 7.38. The summed E-state index contributed by atoms with van der Waals surface area (Å²) in [6, 6.07) is 11.1. The predicted octanol–water partition coefficient (Wildman–Crippen LogP) is 5.15. The SMILES string of the molecule is CCC(=O)N1N=C(c2cc(F)ccc2F)S[C@]1(c1ccccc1C)C(CC)CCN. The fraction of sp³-hybridized carbons (Fsp3) is 0.391. The van der Waals surface area contributed by atoms with Gasteiger partial charge in [-0.1, -0.05) is 49.9 Å². The van der Waals surface area contributed by atoms with Gasteiger partial charge in [0, 0.05) is 12.0 Å². The molecule has 2 N–H and O–H groups in total. The topological polar surface area (TPSA) is 58.7 Å². The minimum absolute atomic E-state index is 0.0260. The van der Waals surface area contributed by atoms with E-state index in [1.165, 1.54) is 16.8 Å². The maximum absolute atomic E-state index is 14.6. The minimum atomic E-state index is -0.874. The molecule has 1 aliphatic heterocycles. The Hall–Kier alpha value is -2.25. The first kappa shape index (κ1) is 22.4. The van der Waals surface area contributed by atoms with Gasteiger partial charge in [-0.25, -0.2) is 13.8 Å². The fourth-order valence-electron chi connectivity index (χ4n) is 4.03. The third-order valence-electron chi connectivity index (χ3n) is 5.55. The Morgan fingerprint density at radius 3 is 2.60 bits per heavy atom. The van der Waals surface area contributed by atoms with Crippen molar-refractivity contribution >= 4 is 22.7 Å². The summed E-state index contributed by atoms with van der Waals surface area (Å²) in [5.41, 5.74) is 7.94. The molecule has 1 amide bonds. The molecule has 0 radical (unpaired) electrons. The van der Waals surface area contributed by atoms with Gasteiger partial charge in [-0.15, -0.1) is 0 Å². The molecule has 2 aromatic carbocycles. The van der Waals surface area contributed by atoms with Crippen LogP contribution in [-0.4, -0.2) is 22.5 Å². The van der Waals surface area contributed by atoms with Crippen molar-refractivity contribution in [3.8, 4) is 0 Å². The second kappa shape index (κ2) is 9.27. The van der Waals surface area contributed by atoms with Crippen LogP contribution in [0.2, 0.25) is 0 Å². The van der Waals surface area contributed by atoms with Crippen molar-refractivity contribution in [3.05, 3.63) is 70.8 Å². The van der Waals surface area contributed by atoms with Crippen LogP contribution in [0, 0.1) is 24.5 Å². The monoisotopic (exact) mass is 431 g/mol. The van der Waals surface area contributed by atoms with E-state index < -0.39 is 16.5 Å². The van der Waals surface area contributed by atoms with Gasteiger partial charge in [0.05, 0.1) is 0 Å². The smallest absolute Gasteiger partial charge is 0.244 e. The first-order valence-electron chi connectivity index (χ1n) is 10.2. The van der Waals surface area contributed by atoms with E-state index in [2.05, 4.69) is 12.0 Å². The van der Waals surface area contributed by atoms with Crippen LogP contribution in [0.15, 0.2) is 47.6 Å². The van der Waals surface area contributed by atoms with Crippen molar-refractivity contribution < 1.29 is 13.6 Å². The van der Waals surface area contributed by atoms with E-state index >= 15 is 0 Å². The van der Waals surface area contributed by atoms with Gasteiger partial charge in [0.25, 0.3) is 0 Å². The van der Waals surface area contributed by atoms with Crippen molar-refractivity contribution in [3.63, 3.8) is 0 Å². The Bertz CT molecular complexity index is 965. The largest absolute Gasteiger partial charge is 0.330 e. The van der Waals surface area contributed by atoms with Gasteiger partial charge in [0.1, 0.15) is 21.5 Å². The minimum Gasteiger partial charge on any atom is -0.330 e. The third kappa shape index (κ3) is 3.88. The second-order valence-corrected chi connectivity index (χ2v) is 8.60. The molecular weight excluding hydrogens is 404 g/mol. The summed E-state index contributed by atoms with van der Waals surface area (Å²) in [6.07, 6.45) is 1.66. The van der Waals surface area contributed by atoms with Gasteiger partial charge < -0.3 is 5.73 Å². The molecule has 0 aliphatic carbocycles. The lowest BCUT2D eigenvalue weighted by Gasteiger charge is -2.42. The maximum atomic E-state index is 14.6. The van der Waals surface area contributed by atoms with E-state index in [1.54, 1.807) is 6.92 Å². The van der Waals surface area contributed by atoms with E-state index in [-0.39, 0.29) is 23.8 Å². The normalized spacial score (nSPS) is 19.7. The highest BCUT2D eigenvalue weighted by atomic mass is 32.2. The number of carbonyl (C=O) groups excluding carboxylic acids is 1. The zero-order chi connectivity index (χ0) is 21.9. The number of nitrogens with two attached hydrogens (primary N) is 1. The van der Waals surface area contributed by atoms with Crippen LogP contribution >= 0.6 is 11.8 Å². The summed E-state index contributed by atoms with van der Waals surface area (Å²) in [6.45, 7) is 6.26. The summed E-state index contributed by atoms with van der Waals surface area (Å²) >= 11 is 1.32. The molecule has 0 saturated heterocycles. The molecular formula is C23H27F2N3OS. The third-order valence-corrected chi connectivity index (χ3v) is 7.08. The molecule has 1 heterocycles. The number of benzene rings is 2. The lowest BCUT2D eigenvalue weighted by Crippen LogP contribution is -2.47. The maximum Gasteiger partial charge on any atom is 0.244 e. The molecule has 0 saturated carbocycles. The molecule has 30 heavy (non-hydrogen) atoms. The highest BCUT2D eigenvalue weighted by molar-refractivity contribution is 8.15. The Kier molecular flexibility index (Phi) is 6.93. The lowest BCUT2D eigenvalue weighted by molar-refractivity contribution is -0.136. The molecule has 3 rings (SSSR count). The van der Waals surface area contributed by atoms with Crippen LogP contribution in [0.1, 0.15) is 49.8 Å². The van der Waals surface area contributed by atoms with Crippen molar-refractivity contribution in [2.24, 2.45) is 16.8 Å². The van der Waals surface area contributed by atoms with Crippen LogP contribution in [0.5, 0.6) is 0 Å². The van der Waals surface area contributed by atoms with Crippen molar-refractivity contribution in [2.45, 2.75) is 44.9 Å². The molecule has 0 bridgehead atoms. The van der Waals surface area contributed by atoms with Gasteiger partial charge >= 0.3 is 0 Å². The molecule has 2 aromatic rings. The number of carbonyl (C=O) groups is 1. The van der Waals surface area contributed by atoms with E-state index in [9.17, 15) is 13.6 Å². The van der Waals surface area contributed by atoms with E-state index in [4.69, 9.17) is 5.73 Å². The molecule has 1 aliphatic rings. The van der Waals surface area contributed by atoms with Crippen LogP contribution < -0.4 is 5.73 Å². The molecule has 160 valence electrons. The molecule has 0 aromatic heterocycles. The average molecular weight is 432 g/mol. The number of nitrogens with zero attached hydrogens (tertiary/aromatic N) is 2. The number of rotatable bonds is 7. The number of amides is 1. The molecule has 1 unspecified atom stereocenters. The highest BCUT2D eigenvalue weighted by Crippen LogP contribution is 2.55. The van der Waals surface area contributed by atoms with Crippen molar-refractivity contribution in [1.82, 2.24) is 5.01 Å². The first-order valence-corrected chi connectivity index (χ1v) is 11.0. The molecule has 4 nitrogen and oxygen atoms in total. The standard InChI is InChI=1S/C23H27F2N3OS/c1-4-16(12-13-26)23(19-9-7-6-8-15(19)3)28(21(29)5-2)27-22(30-23)18-14-17(24)10-11-20(18)25/h6-11,14,16H,4-5,12-13,26H2,1-3H3/t16?,23-/m0/s1. The quantitative estimate of drug-likeness (QED) is 0.660. The summed E-state index contributed by atoms with van der Waals surface area (Å²) in [4.78, 5) is 12.2. The van der Waals surface area contributed by atoms with Gasteiger partial charge in [0.15, 0.2) is 0 Å². The molecule has 0 fully saturated rings. The summed E-state index contributed by atoms with van der Waals surface area (Å²) in [5, 5.41) is 6.36.